The Morgan fingerprint density at radius 2 is 1.05 bits per heavy atom. The fraction of sp³-hybridized carbons (Fsp3) is 0.714. The largest absolute Gasteiger partial charge is 0.481 e. The summed E-state index contributed by atoms with van der Waals surface area (Å²) in [5.74, 6) is -2.68. The Morgan fingerprint density at radius 1 is 0.750 bits per heavy atom. The molecule has 0 amide bonds. The quantitative estimate of drug-likeness (QED) is 0.561. The van der Waals surface area contributed by atoms with Crippen LogP contribution in [0.15, 0.2) is 0 Å². The molecule has 0 radical (unpaired) electrons. The van der Waals surface area contributed by atoms with Crippen molar-refractivity contribution < 1.29 is 29.4 Å². The SMILES string of the molecule is CC(CCC(C)CC(=O)CC(=O)O)CC(=O)CC(=O)O. The van der Waals surface area contributed by atoms with Crippen LogP contribution in [0.1, 0.15) is 52.4 Å². The van der Waals surface area contributed by atoms with Crippen LogP contribution in [0, 0.1) is 11.8 Å². The van der Waals surface area contributed by atoms with E-state index in [2.05, 4.69) is 0 Å². The maximum atomic E-state index is 11.3. The number of hydrogen-bond acceptors (Lipinski definition) is 4. The molecular formula is C14H22O6. The minimum atomic E-state index is -1.12. The number of Topliss-reactive ketones (excluding diaryl/α,β-unsaturated/α-hetero) is 2. The van der Waals surface area contributed by atoms with Crippen molar-refractivity contribution in [1.29, 1.82) is 0 Å². The molecule has 6 heteroatoms. The van der Waals surface area contributed by atoms with Gasteiger partial charge in [0.1, 0.15) is 24.4 Å². The third kappa shape index (κ3) is 10.2. The van der Waals surface area contributed by atoms with Gasteiger partial charge in [-0.15, -0.1) is 0 Å². The molecule has 2 N–H and O–H groups in total. The van der Waals surface area contributed by atoms with Crippen LogP contribution < -0.4 is 0 Å². The van der Waals surface area contributed by atoms with Crippen LogP contribution in [0.4, 0.5) is 0 Å². The Morgan fingerprint density at radius 3 is 1.30 bits per heavy atom. The molecule has 0 aromatic rings. The molecule has 0 saturated heterocycles. The van der Waals surface area contributed by atoms with Crippen molar-refractivity contribution in [2.45, 2.75) is 52.4 Å². The van der Waals surface area contributed by atoms with Crippen LogP contribution in [-0.4, -0.2) is 33.7 Å². The standard InChI is InChI=1S/C14H22O6/c1-9(5-11(15)7-13(17)18)3-4-10(2)6-12(16)8-14(19)20/h9-10H,3-8H2,1-2H3,(H,17,18)(H,19,20). The van der Waals surface area contributed by atoms with Crippen molar-refractivity contribution >= 4 is 23.5 Å². The zero-order valence-corrected chi connectivity index (χ0v) is 11.9. The smallest absolute Gasteiger partial charge is 0.310 e. The Labute approximate surface area is 118 Å². The van der Waals surface area contributed by atoms with Crippen molar-refractivity contribution in [3.05, 3.63) is 0 Å². The van der Waals surface area contributed by atoms with Crippen molar-refractivity contribution in [2.75, 3.05) is 0 Å². The molecule has 2 atom stereocenters. The number of aliphatic carboxylic acids is 2. The Hall–Kier alpha value is -1.72. The van der Waals surface area contributed by atoms with Gasteiger partial charge in [0.2, 0.25) is 0 Å². The molecule has 0 aromatic heterocycles. The van der Waals surface area contributed by atoms with E-state index in [4.69, 9.17) is 10.2 Å². The predicted molar refractivity (Wildman–Crippen MR) is 71.3 cm³/mol. The normalized spacial score (nSPS) is 13.5. The average Bonchev–Trinajstić information content (AvgIpc) is 2.23. The highest BCUT2D eigenvalue weighted by atomic mass is 16.4. The first-order chi connectivity index (χ1) is 9.20. The summed E-state index contributed by atoms with van der Waals surface area (Å²) >= 11 is 0. The Kier molecular flexibility index (Phi) is 8.43. The van der Waals surface area contributed by atoms with Crippen LogP contribution in [0.25, 0.3) is 0 Å². The van der Waals surface area contributed by atoms with E-state index in [1.165, 1.54) is 0 Å². The lowest BCUT2D eigenvalue weighted by Crippen LogP contribution is -2.13. The molecule has 20 heavy (non-hydrogen) atoms. The van der Waals surface area contributed by atoms with Crippen molar-refractivity contribution in [2.24, 2.45) is 11.8 Å². The maximum Gasteiger partial charge on any atom is 0.310 e. The zero-order valence-electron chi connectivity index (χ0n) is 11.9. The molecule has 0 bridgehead atoms. The van der Waals surface area contributed by atoms with Crippen molar-refractivity contribution in [3.8, 4) is 0 Å². The monoisotopic (exact) mass is 286 g/mol. The highest BCUT2D eigenvalue weighted by Gasteiger charge is 2.16. The minimum Gasteiger partial charge on any atom is -0.481 e. The van der Waals surface area contributed by atoms with Crippen molar-refractivity contribution in [3.63, 3.8) is 0 Å². The van der Waals surface area contributed by atoms with E-state index in [1.807, 2.05) is 13.8 Å². The van der Waals surface area contributed by atoms with Crippen LogP contribution in [0.2, 0.25) is 0 Å². The summed E-state index contributed by atoms with van der Waals surface area (Å²) in [4.78, 5) is 43.3. The lowest BCUT2D eigenvalue weighted by molar-refractivity contribution is -0.142. The van der Waals surface area contributed by atoms with Crippen LogP contribution in [-0.2, 0) is 19.2 Å². The summed E-state index contributed by atoms with van der Waals surface area (Å²) in [6.07, 6.45) is 0.984. The molecule has 0 rings (SSSR count). The molecule has 0 aliphatic heterocycles. The van der Waals surface area contributed by atoms with Gasteiger partial charge in [-0.2, -0.15) is 0 Å². The van der Waals surface area contributed by atoms with E-state index in [0.717, 1.165) is 0 Å². The molecule has 2 unspecified atom stereocenters. The zero-order chi connectivity index (χ0) is 15.7. The number of carbonyl (C=O) groups excluding carboxylic acids is 2. The number of ketones is 2. The van der Waals surface area contributed by atoms with Gasteiger partial charge in [0.05, 0.1) is 0 Å². The second-order valence-corrected chi connectivity index (χ2v) is 5.41. The molecule has 114 valence electrons. The Bertz CT molecular complexity index is 338. The summed E-state index contributed by atoms with van der Waals surface area (Å²) < 4.78 is 0. The summed E-state index contributed by atoms with van der Waals surface area (Å²) in [7, 11) is 0. The van der Waals surface area contributed by atoms with E-state index < -0.39 is 24.8 Å². The van der Waals surface area contributed by atoms with Crippen molar-refractivity contribution in [1.82, 2.24) is 0 Å². The van der Waals surface area contributed by atoms with Crippen LogP contribution >= 0.6 is 0 Å². The van der Waals surface area contributed by atoms with E-state index in [-0.39, 0.29) is 36.2 Å². The molecule has 0 heterocycles. The van der Waals surface area contributed by atoms with E-state index >= 15 is 0 Å². The van der Waals surface area contributed by atoms with Gasteiger partial charge < -0.3 is 10.2 Å². The summed E-state index contributed by atoms with van der Waals surface area (Å²) in [5.41, 5.74) is 0. The molecule has 0 aliphatic rings. The topological polar surface area (TPSA) is 109 Å². The van der Waals surface area contributed by atoms with Gasteiger partial charge in [-0.1, -0.05) is 26.7 Å². The second-order valence-electron chi connectivity index (χ2n) is 5.41. The third-order valence-electron chi connectivity index (χ3n) is 3.00. The van der Waals surface area contributed by atoms with Gasteiger partial charge in [0.15, 0.2) is 0 Å². The number of rotatable bonds is 11. The van der Waals surface area contributed by atoms with E-state index in [9.17, 15) is 19.2 Å². The van der Waals surface area contributed by atoms with Gasteiger partial charge >= 0.3 is 11.9 Å². The number of carboxylic acids is 2. The summed E-state index contributed by atoms with van der Waals surface area (Å²) in [6, 6.07) is 0. The molecular weight excluding hydrogens is 264 g/mol. The summed E-state index contributed by atoms with van der Waals surface area (Å²) in [5, 5.41) is 17.0. The lowest BCUT2D eigenvalue weighted by Gasteiger charge is -2.14. The highest BCUT2D eigenvalue weighted by molar-refractivity contribution is 5.95. The lowest BCUT2D eigenvalue weighted by atomic mass is 9.91. The number of carbonyl (C=O) groups is 4. The van der Waals surface area contributed by atoms with E-state index in [1.54, 1.807) is 0 Å². The highest BCUT2D eigenvalue weighted by Crippen LogP contribution is 2.19. The first-order valence-electron chi connectivity index (χ1n) is 6.67. The molecule has 0 aliphatic carbocycles. The summed E-state index contributed by atoms with van der Waals surface area (Å²) in [6.45, 7) is 3.73. The Balaban J connectivity index is 3.91. The molecule has 0 saturated carbocycles. The van der Waals surface area contributed by atoms with Gasteiger partial charge in [-0.25, -0.2) is 0 Å². The van der Waals surface area contributed by atoms with Crippen LogP contribution in [0.5, 0.6) is 0 Å². The molecule has 0 spiro atoms. The molecule has 0 fully saturated rings. The van der Waals surface area contributed by atoms with Gasteiger partial charge in [0, 0.05) is 12.8 Å². The maximum absolute atomic E-state index is 11.3. The number of carboxylic acid groups (broad SMARTS) is 2. The van der Waals surface area contributed by atoms with Gasteiger partial charge in [0.25, 0.3) is 0 Å². The predicted octanol–water partition coefficient (Wildman–Crippen LogP) is 1.91. The fourth-order valence-corrected chi connectivity index (χ4v) is 2.03. The van der Waals surface area contributed by atoms with Crippen LogP contribution in [0.3, 0.4) is 0 Å². The molecule has 0 aromatic carbocycles. The van der Waals surface area contributed by atoms with Gasteiger partial charge in [-0.05, 0) is 11.8 Å². The number of hydrogen-bond donors (Lipinski definition) is 2. The average molecular weight is 286 g/mol. The first kappa shape index (κ1) is 18.3. The minimum absolute atomic E-state index is 0.0684. The first-order valence-corrected chi connectivity index (χ1v) is 6.67. The molecule has 6 nitrogen and oxygen atoms in total. The van der Waals surface area contributed by atoms with Gasteiger partial charge in [-0.3, -0.25) is 19.2 Å². The third-order valence-corrected chi connectivity index (χ3v) is 3.00. The fourth-order valence-electron chi connectivity index (χ4n) is 2.03. The second kappa shape index (κ2) is 9.23. The van der Waals surface area contributed by atoms with E-state index in [0.29, 0.717) is 12.8 Å².